The fourth-order valence-electron chi connectivity index (χ4n) is 2.89. The third kappa shape index (κ3) is 5.95. The Kier molecular flexibility index (Phi) is 8.10. The van der Waals surface area contributed by atoms with Crippen LogP contribution in [0.4, 0.5) is 5.69 Å². The van der Waals surface area contributed by atoms with Crippen LogP contribution in [0.2, 0.25) is 10.0 Å². The maximum atomic E-state index is 6.32. The molecule has 5 nitrogen and oxygen atoms in total. The molecule has 2 aromatic carbocycles. The van der Waals surface area contributed by atoms with E-state index in [-0.39, 0.29) is 5.92 Å². The Morgan fingerprint density at radius 3 is 2.60 bits per heavy atom. The fourth-order valence-corrected chi connectivity index (χ4v) is 4.22. The van der Waals surface area contributed by atoms with E-state index in [9.17, 15) is 0 Å². The number of nitrogens with zero attached hydrogens (tertiary/aromatic N) is 3. The van der Waals surface area contributed by atoms with E-state index in [4.69, 9.17) is 27.9 Å². The van der Waals surface area contributed by atoms with Crippen molar-refractivity contribution in [2.24, 2.45) is 5.10 Å². The molecular formula is C22H24Cl2N4OS. The van der Waals surface area contributed by atoms with Crippen LogP contribution in [0.15, 0.2) is 53.6 Å². The molecule has 0 amide bonds. The highest BCUT2D eigenvalue weighted by Gasteiger charge is 2.17. The monoisotopic (exact) mass is 462 g/mol. The molecule has 30 heavy (non-hydrogen) atoms. The Morgan fingerprint density at radius 1 is 1.17 bits per heavy atom. The third-order valence-corrected chi connectivity index (χ3v) is 6.06. The van der Waals surface area contributed by atoms with Crippen molar-refractivity contribution in [1.82, 2.24) is 9.80 Å². The standard InChI is InChI=1S/C22H24Cl2N4OS/c1-28(2)18-7-4-15(5-8-18)12-25-26-13-16(14-29-3)22-11-21(27-30-22)19-9-6-17(23)10-20(19)24/h4-12,16,26H,13-14H2,1-3H3/b25-12+. The lowest BCUT2D eigenvalue weighted by Gasteiger charge is -2.13. The lowest BCUT2D eigenvalue weighted by Crippen LogP contribution is -2.20. The molecule has 0 aliphatic rings. The van der Waals surface area contributed by atoms with Crippen molar-refractivity contribution < 1.29 is 4.74 Å². The van der Waals surface area contributed by atoms with Gasteiger partial charge in [-0.1, -0.05) is 35.3 Å². The van der Waals surface area contributed by atoms with Crippen molar-refractivity contribution in [1.29, 1.82) is 0 Å². The molecule has 0 saturated carbocycles. The molecule has 0 aliphatic carbocycles. The van der Waals surface area contributed by atoms with Gasteiger partial charge in [0.2, 0.25) is 0 Å². The molecule has 0 spiro atoms. The lowest BCUT2D eigenvalue weighted by atomic mass is 10.1. The Bertz CT molecular complexity index is 989. The number of hydrazone groups is 1. The minimum atomic E-state index is 0.126. The molecule has 0 aliphatic heterocycles. The molecule has 8 heteroatoms. The van der Waals surface area contributed by atoms with E-state index in [0.717, 1.165) is 27.4 Å². The normalized spacial score (nSPS) is 12.3. The minimum absolute atomic E-state index is 0.126. The van der Waals surface area contributed by atoms with E-state index in [2.05, 4.69) is 38.0 Å². The van der Waals surface area contributed by atoms with Crippen LogP contribution in [-0.4, -0.2) is 44.9 Å². The largest absolute Gasteiger partial charge is 0.384 e. The quantitative estimate of drug-likeness (QED) is 0.335. The number of hydrogen-bond donors (Lipinski definition) is 1. The summed E-state index contributed by atoms with van der Waals surface area (Å²) in [6, 6.07) is 15.7. The first kappa shape index (κ1) is 22.6. The highest BCUT2D eigenvalue weighted by atomic mass is 35.5. The van der Waals surface area contributed by atoms with Crippen LogP contribution >= 0.6 is 34.7 Å². The van der Waals surface area contributed by atoms with E-state index in [0.29, 0.717) is 23.2 Å². The Balaban J connectivity index is 1.64. The summed E-state index contributed by atoms with van der Waals surface area (Å²) in [5.74, 6) is 0.126. The molecule has 1 heterocycles. The van der Waals surface area contributed by atoms with Gasteiger partial charge in [0.25, 0.3) is 0 Å². The van der Waals surface area contributed by atoms with Crippen molar-refractivity contribution in [2.75, 3.05) is 39.3 Å². The van der Waals surface area contributed by atoms with Crippen LogP contribution < -0.4 is 10.3 Å². The van der Waals surface area contributed by atoms with Crippen molar-refractivity contribution in [3.8, 4) is 11.3 Å². The molecule has 1 N–H and O–H groups in total. The predicted molar refractivity (Wildman–Crippen MR) is 129 cm³/mol. The molecule has 1 atom stereocenters. The Labute approximate surface area is 191 Å². The summed E-state index contributed by atoms with van der Waals surface area (Å²) < 4.78 is 9.97. The van der Waals surface area contributed by atoms with Crippen LogP contribution in [0.5, 0.6) is 0 Å². The Morgan fingerprint density at radius 2 is 1.93 bits per heavy atom. The maximum absolute atomic E-state index is 6.32. The first-order valence-corrected chi connectivity index (χ1v) is 10.9. The second kappa shape index (κ2) is 10.8. The number of benzene rings is 2. The lowest BCUT2D eigenvalue weighted by molar-refractivity contribution is 0.179. The average molecular weight is 463 g/mol. The van der Waals surface area contributed by atoms with Crippen LogP contribution in [0.3, 0.4) is 0 Å². The van der Waals surface area contributed by atoms with Crippen molar-refractivity contribution in [2.45, 2.75) is 5.92 Å². The number of methoxy groups -OCH3 is 1. The first-order valence-electron chi connectivity index (χ1n) is 9.42. The van der Waals surface area contributed by atoms with Crippen LogP contribution in [0, 0.1) is 0 Å². The first-order chi connectivity index (χ1) is 14.5. The molecule has 3 aromatic rings. The molecule has 0 saturated heterocycles. The highest BCUT2D eigenvalue weighted by molar-refractivity contribution is 7.06. The maximum Gasteiger partial charge on any atom is 0.0858 e. The summed E-state index contributed by atoms with van der Waals surface area (Å²) in [7, 11) is 5.74. The smallest absolute Gasteiger partial charge is 0.0858 e. The predicted octanol–water partition coefficient (Wildman–Crippen LogP) is 5.54. The number of aromatic nitrogens is 1. The molecule has 0 bridgehead atoms. The van der Waals surface area contributed by atoms with Gasteiger partial charge < -0.3 is 15.1 Å². The molecule has 1 aromatic heterocycles. The second-order valence-electron chi connectivity index (χ2n) is 7.00. The van der Waals surface area contributed by atoms with Crippen molar-refractivity contribution in [3.05, 3.63) is 69.0 Å². The zero-order chi connectivity index (χ0) is 21.5. The van der Waals surface area contributed by atoms with Gasteiger partial charge in [0.05, 0.1) is 23.5 Å². The van der Waals surface area contributed by atoms with E-state index in [1.165, 1.54) is 11.5 Å². The number of anilines is 1. The summed E-state index contributed by atoms with van der Waals surface area (Å²) in [5.41, 5.74) is 7.03. The highest BCUT2D eigenvalue weighted by Crippen LogP contribution is 2.33. The van der Waals surface area contributed by atoms with Crippen molar-refractivity contribution >= 4 is 46.6 Å². The summed E-state index contributed by atoms with van der Waals surface area (Å²) in [6.07, 6.45) is 1.81. The number of halogens is 2. The fraction of sp³-hybridized carbons (Fsp3) is 0.273. The van der Waals surface area contributed by atoms with Gasteiger partial charge in [-0.05, 0) is 53.5 Å². The number of hydrogen-bond acceptors (Lipinski definition) is 6. The van der Waals surface area contributed by atoms with Gasteiger partial charge >= 0.3 is 0 Å². The van der Waals surface area contributed by atoms with Crippen LogP contribution in [-0.2, 0) is 4.74 Å². The number of rotatable bonds is 9. The molecule has 3 rings (SSSR count). The van der Waals surface area contributed by atoms with Gasteiger partial charge in [-0.2, -0.15) is 9.47 Å². The second-order valence-corrected chi connectivity index (χ2v) is 8.68. The zero-order valence-electron chi connectivity index (χ0n) is 17.1. The van der Waals surface area contributed by atoms with Gasteiger partial charge in [-0.25, -0.2) is 0 Å². The van der Waals surface area contributed by atoms with E-state index in [1.807, 2.05) is 44.6 Å². The van der Waals surface area contributed by atoms with Gasteiger partial charge in [-0.15, -0.1) is 0 Å². The SMILES string of the molecule is COCC(CN/N=C/c1ccc(N(C)C)cc1)c1cc(-c2ccc(Cl)cc2Cl)ns1. The summed E-state index contributed by atoms with van der Waals surface area (Å²) in [5, 5.41) is 5.55. The van der Waals surface area contributed by atoms with E-state index < -0.39 is 0 Å². The van der Waals surface area contributed by atoms with Gasteiger partial charge in [-0.3, -0.25) is 0 Å². The summed E-state index contributed by atoms with van der Waals surface area (Å²) in [6.45, 7) is 1.20. The molecule has 158 valence electrons. The molecule has 0 radical (unpaired) electrons. The minimum Gasteiger partial charge on any atom is -0.384 e. The average Bonchev–Trinajstić information content (AvgIpc) is 3.20. The van der Waals surface area contributed by atoms with E-state index in [1.54, 1.807) is 13.2 Å². The summed E-state index contributed by atoms with van der Waals surface area (Å²) in [4.78, 5) is 3.17. The van der Waals surface area contributed by atoms with Gasteiger partial charge in [0.15, 0.2) is 0 Å². The number of nitrogens with one attached hydrogen (secondary N) is 1. The van der Waals surface area contributed by atoms with Crippen LogP contribution in [0.25, 0.3) is 11.3 Å². The topological polar surface area (TPSA) is 49.8 Å². The molecule has 0 fully saturated rings. The zero-order valence-corrected chi connectivity index (χ0v) is 19.4. The van der Waals surface area contributed by atoms with Gasteiger partial charge in [0.1, 0.15) is 0 Å². The van der Waals surface area contributed by atoms with Gasteiger partial charge in [0, 0.05) is 54.8 Å². The third-order valence-electron chi connectivity index (χ3n) is 4.56. The Hall–Kier alpha value is -2.12. The molecular weight excluding hydrogens is 439 g/mol. The number of ether oxygens (including phenoxy) is 1. The molecule has 1 unspecified atom stereocenters. The summed E-state index contributed by atoms with van der Waals surface area (Å²) >= 11 is 13.8. The van der Waals surface area contributed by atoms with Crippen LogP contribution in [0.1, 0.15) is 16.4 Å². The van der Waals surface area contributed by atoms with E-state index >= 15 is 0 Å². The van der Waals surface area contributed by atoms with Crippen molar-refractivity contribution in [3.63, 3.8) is 0 Å².